The van der Waals surface area contributed by atoms with Crippen LogP contribution in [0.4, 0.5) is 5.69 Å². The van der Waals surface area contributed by atoms with Crippen molar-refractivity contribution in [3.63, 3.8) is 0 Å². The second-order valence-electron chi connectivity index (χ2n) is 4.74. The van der Waals surface area contributed by atoms with Gasteiger partial charge in [-0.2, -0.15) is 0 Å². The van der Waals surface area contributed by atoms with Crippen LogP contribution in [0.15, 0.2) is 22.6 Å². The lowest BCUT2D eigenvalue weighted by Gasteiger charge is -2.18. The van der Waals surface area contributed by atoms with Gasteiger partial charge in [-0.1, -0.05) is 0 Å². The van der Waals surface area contributed by atoms with E-state index in [-0.39, 0.29) is 12.0 Å². The van der Waals surface area contributed by atoms with Gasteiger partial charge in [0.1, 0.15) is 5.52 Å². The topological polar surface area (TPSA) is 66.6 Å². The fraction of sp³-hybridized carbons (Fsp3) is 0.385. The quantitative estimate of drug-likeness (QED) is 0.897. The van der Waals surface area contributed by atoms with Gasteiger partial charge in [0.25, 0.3) is 0 Å². The normalized spacial score (nSPS) is 22.1. The van der Waals surface area contributed by atoms with Crippen molar-refractivity contribution in [2.75, 3.05) is 11.9 Å². The molecule has 0 aliphatic heterocycles. The molecule has 1 aliphatic carbocycles. The van der Waals surface area contributed by atoms with E-state index in [0.29, 0.717) is 12.3 Å². The Labute approximate surface area is 104 Å². The minimum atomic E-state index is -0.719. The number of nitrogens with zero attached hydrogens (tertiary/aromatic N) is 2. The summed E-state index contributed by atoms with van der Waals surface area (Å²) in [4.78, 5) is 17.1. The van der Waals surface area contributed by atoms with E-state index in [2.05, 4.69) is 4.98 Å². The van der Waals surface area contributed by atoms with Gasteiger partial charge in [-0.3, -0.25) is 4.79 Å². The van der Waals surface area contributed by atoms with E-state index < -0.39 is 5.97 Å². The van der Waals surface area contributed by atoms with E-state index in [1.807, 2.05) is 37.1 Å². The van der Waals surface area contributed by atoms with E-state index in [1.165, 1.54) is 0 Å². The molecule has 1 N–H and O–H groups in total. The molecule has 0 bridgehead atoms. The van der Waals surface area contributed by atoms with Gasteiger partial charge in [-0.15, -0.1) is 0 Å². The van der Waals surface area contributed by atoms with Gasteiger partial charge in [0.15, 0.2) is 11.5 Å². The molecule has 1 heterocycles. The van der Waals surface area contributed by atoms with Crippen molar-refractivity contribution in [1.29, 1.82) is 0 Å². The van der Waals surface area contributed by atoms with Crippen LogP contribution in [0.25, 0.3) is 11.1 Å². The summed E-state index contributed by atoms with van der Waals surface area (Å²) in [6.07, 6.45) is 0.708. The van der Waals surface area contributed by atoms with E-state index in [9.17, 15) is 4.79 Å². The largest absolute Gasteiger partial charge is 0.481 e. The highest BCUT2D eigenvalue weighted by atomic mass is 16.4. The van der Waals surface area contributed by atoms with Crippen molar-refractivity contribution in [3.8, 4) is 0 Å². The fourth-order valence-corrected chi connectivity index (χ4v) is 2.31. The lowest BCUT2D eigenvalue weighted by Crippen LogP contribution is -2.23. The van der Waals surface area contributed by atoms with Gasteiger partial charge in [0, 0.05) is 31.8 Å². The Bertz CT molecular complexity index is 620. The minimum Gasteiger partial charge on any atom is -0.481 e. The molecule has 3 rings (SSSR count). The number of oxazole rings is 1. The predicted octanol–water partition coefficient (Wildman–Crippen LogP) is 2.05. The number of aryl methyl sites for hydroxylation is 1. The molecule has 1 aliphatic rings. The second kappa shape index (κ2) is 3.73. The third-order valence-corrected chi connectivity index (χ3v) is 3.46. The zero-order valence-electron chi connectivity index (χ0n) is 10.3. The molecule has 0 amide bonds. The predicted molar refractivity (Wildman–Crippen MR) is 66.7 cm³/mol. The van der Waals surface area contributed by atoms with Crippen LogP contribution in [0.1, 0.15) is 12.3 Å². The number of hydrogen-bond acceptors (Lipinski definition) is 4. The number of fused-ring (bicyclic) bond motifs is 1. The summed E-state index contributed by atoms with van der Waals surface area (Å²) in [5.41, 5.74) is 2.53. The van der Waals surface area contributed by atoms with E-state index >= 15 is 0 Å². The summed E-state index contributed by atoms with van der Waals surface area (Å²) in [7, 11) is 1.91. The number of hydrogen-bond donors (Lipinski definition) is 1. The average molecular weight is 246 g/mol. The Kier molecular flexibility index (Phi) is 2.29. The number of anilines is 1. The number of benzene rings is 1. The van der Waals surface area contributed by atoms with Crippen molar-refractivity contribution in [2.24, 2.45) is 5.92 Å². The van der Waals surface area contributed by atoms with E-state index in [0.717, 1.165) is 16.8 Å². The fourth-order valence-electron chi connectivity index (χ4n) is 2.31. The maximum absolute atomic E-state index is 10.9. The SMILES string of the molecule is Cc1nc2ccc(N(C)C3CC3C(=O)O)cc2o1. The molecule has 1 aromatic heterocycles. The van der Waals surface area contributed by atoms with Crippen LogP contribution < -0.4 is 4.90 Å². The van der Waals surface area contributed by atoms with Gasteiger partial charge in [0.2, 0.25) is 0 Å². The molecule has 1 fully saturated rings. The smallest absolute Gasteiger partial charge is 0.308 e. The lowest BCUT2D eigenvalue weighted by molar-refractivity contribution is -0.138. The molecular weight excluding hydrogens is 232 g/mol. The summed E-state index contributed by atoms with van der Waals surface area (Å²) < 4.78 is 5.48. The highest BCUT2D eigenvalue weighted by Crippen LogP contribution is 2.38. The monoisotopic (exact) mass is 246 g/mol. The third kappa shape index (κ3) is 1.72. The zero-order valence-corrected chi connectivity index (χ0v) is 10.3. The van der Waals surface area contributed by atoms with Crippen LogP contribution >= 0.6 is 0 Å². The molecule has 18 heavy (non-hydrogen) atoms. The first-order valence-electron chi connectivity index (χ1n) is 5.89. The molecule has 0 radical (unpaired) electrons. The average Bonchev–Trinajstić information content (AvgIpc) is 3.03. The number of carboxylic acids is 1. The molecular formula is C13H14N2O3. The van der Waals surface area contributed by atoms with Crippen LogP contribution in [0.3, 0.4) is 0 Å². The van der Waals surface area contributed by atoms with Gasteiger partial charge < -0.3 is 14.4 Å². The van der Waals surface area contributed by atoms with Crippen molar-refractivity contribution < 1.29 is 14.3 Å². The number of rotatable bonds is 3. The maximum atomic E-state index is 10.9. The van der Waals surface area contributed by atoms with Gasteiger partial charge in [-0.25, -0.2) is 4.98 Å². The van der Waals surface area contributed by atoms with E-state index in [4.69, 9.17) is 9.52 Å². The highest BCUT2D eigenvalue weighted by molar-refractivity contribution is 5.79. The summed E-state index contributed by atoms with van der Waals surface area (Å²) in [5, 5.41) is 8.94. The van der Waals surface area contributed by atoms with Crippen molar-refractivity contribution in [2.45, 2.75) is 19.4 Å². The Morgan fingerprint density at radius 1 is 1.56 bits per heavy atom. The molecule has 2 atom stereocenters. The van der Waals surface area contributed by atoms with Crippen LogP contribution in [-0.4, -0.2) is 29.1 Å². The van der Waals surface area contributed by atoms with Crippen LogP contribution in [0.5, 0.6) is 0 Å². The first-order chi connectivity index (χ1) is 8.56. The third-order valence-electron chi connectivity index (χ3n) is 3.46. The summed E-state index contributed by atoms with van der Waals surface area (Å²) in [5.74, 6) is -0.328. The molecule has 94 valence electrons. The summed E-state index contributed by atoms with van der Waals surface area (Å²) in [6.45, 7) is 1.81. The molecule has 0 spiro atoms. The Morgan fingerprint density at radius 3 is 3.00 bits per heavy atom. The first kappa shape index (κ1) is 11.1. The van der Waals surface area contributed by atoms with Crippen molar-refractivity contribution in [3.05, 3.63) is 24.1 Å². The van der Waals surface area contributed by atoms with Crippen molar-refractivity contribution in [1.82, 2.24) is 4.98 Å². The minimum absolute atomic E-state index is 0.0870. The second-order valence-corrected chi connectivity index (χ2v) is 4.74. The van der Waals surface area contributed by atoms with Gasteiger partial charge in [0.05, 0.1) is 5.92 Å². The van der Waals surface area contributed by atoms with Crippen LogP contribution in [0, 0.1) is 12.8 Å². The Hall–Kier alpha value is -2.04. The van der Waals surface area contributed by atoms with Crippen LogP contribution in [0.2, 0.25) is 0 Å². The molecule has 0 saturated heterocycles. The molecule has 2 aromatic rings. The van der Waals surface area contributed by atoms with E-state index in [1.54, 1.807) is 0 Å². The standard InChI is InChI=1S/C13H14N2O3/c1-7-14-10-4-3-8(5-12(10)18-7)15(2)11-6-9(11)13(16)17/h3-5,9,11H,6H2,1-2H3,(H,16,17). The number of aliphatic carboxylic acids is 1. The number of carboxylic acid groups (broad SMARTS) is 1. The van der Waals surface area contributed by atoms with Gasteiger partial charge in [-0.05, 0) is 18.6 Å². The lowest BCUT2D eigenvalue weighted by atomic mass is 10.2. The number of aromatic nitrogens is 1. The maximum Gasteiger partial charge on any atom is 0.308 e. The summed E-state index contributed by atoms with van der Waals surface area (Å²) in [6, 6.07) is 5.84. The number of carbonyl (C=O) groups is 1. The molecule has 1 saturated carbocycles. The van der Waals surface area contributed by atoms with Crippen molar-refractivity contribution >= 4 is 22.8 Å². The Balaban J connectivity index is 1.88. The molecule has 5 heteroatoms. The summed E-state index contributed by atoms with van der Waals surface area (Å²) >= 11 is 0. The van der Waals surface area contributed by atoms with Gasteiger partial charge >= 0.3 is 5.97 Å². The molecule has 2 unspecified atom stereocenters. The molecule has 1 aromatic carbocycles. The zero-order chi connectivity index (χ0) is 12.9. The Morgan fingerprint density at radius 2 is 2.33 bits per heavy atom. The highest BCUT2D eigenvalue weighted by Gasteiger charge is 2.46. The first-order valence-corrected chi connectivity index (χ1v) is 5.89. The molecule has 5 nitrogen and oxygen atoms in total. The van der Waals surface area contributed by atoms with Crippen LogP contribution in [-0.2, 0) is 4.79 Å².